The summed E-state index contributed by atoms with van der Waals surface area (Å²) in [5.41, 5.74) is 2.91. The van der Waals surface area contributed by atoms with Crippen molar-refractivity contribution in [2.75, 3.05) is 6.61 Å². The highest BCUT2D eigenvalue weighted by Gasteiger charge is 2.29. The summed E-state index contributed by atoms with van der Waals surface area (Å²) in [5, 5.41) is 0. The number of hydrogen-bond donors (Lipinski definition) is 0. The number of hydrogen-bond acceptors (Lipinski definition) is 2. The van der Waals surface area contributed by atoms with Gasteiger partial charge in [0.15, 0.2) is 6.29 Å². The molecule has 1 aliphatic heterocycles. The van der Waals surface area contributed by atoms with Gasteiger partial charge in [0, 0.05) is 13.0 Å². The molecular weight excluding hydrogens is 351 g/mol. The maximum atomic E-state index is 6.22. The molecule has 3 heteroatoms. The van der Waals surface area contributed by atoms with E-state index in [0.29, 0.717) is 10.3 Å². The topological polar surface area (TPSA) is 18.5 Å². The van der Waals surface area contributed by atoms with Crippen LogP contribution in [0.1, 0.15) is 51.9 Å². The molecule has 106 valence electrons. The van der Waals surface area contributed by atoms with Crippen LogP contribution in [0, 0.1) is 12.3 Å². The summed E-state index contributed by atoms with van der Waals surface area (Å²) in [4.78, 5) is 0. The molecule has 1 aliphatic carbocycles. The van der Waals surface area contributed by atoms with Crippen LogP contribution in [0.15, 0.2) is 11.1 Å². The lowest BCUT2D eigenvalue weighted by molar-refractivity contribution is -0.173. The number of allylic oxidation sites excluding steroid dienone is 1. The first-order valence-corrected chi connectivity index (χ1v) is 8.50. The van der Waals surface area contributed by atoms with Gasteiger partial charge in [-0.05, 0) is 51.0 Å². The van der Waals surface area contributed by atoms with Crippen LogP contribution in [0.25, 0.3) is 0 Å². The summed E-state index contributed by atoms with van der Waals surface area (Å²) in [7, 11) is 0. The SMILES string of the molecule is C#CC[C@@H](O[C@@H]1OCCC[C@H]1I)C1=C(C)CCCC1. The third-order valence-corrected chi connectivity index (χ3v) is 5.20. The Labute approximate surface area is 130 Å². The van der Waals surface area contributed by atoms with Gasteiger partial charge in [-0.1, -0.05) is 28.2 Å². The molecule has 2 rings (SSSR count). The third-order valence-electron chi connectivity index (χ3n) is 3.99. The molecule has 1 saturated heterocycles. The molecule has 0 aromatic carbocycles. The first-order chi connectivity index (χ1) is 9.22. The van der Waals surface area contributed by atoms with E-state index in [1.54, 1.807) is 0 Å². The second kappa shape index (κ2) is 7.66. The van der Waals surface area contributed by atoms with Gasteiger partial charge in [-0.25, -0.2) is 0 Å². The molecule has 3 atom stereocenters. The summed E-state index contributed by atoms with van der Waals surface area (Å²) in [6.45, 7) is 3.04. The van der Waals surface area contributed by atoms with Crippen molar-refractivity contribution in [3.05, 3.63) is 11.1 Å². The van der Waals surface area contributed by atoms with Crippen LogP contribution in [0.4, 0.5) is 0 Å². The van der Waals surface area contributed by atoms with E-state index in [1.807, 2.05) is 0 Å². The van der Waals surface area contributed by atoms with E-state index in [4.69, 9.17) is 15.9 Å². The number of rotatable bonds is 4. The summed E-state index contributed by atoms with van der Waals surface area (Å²) < 4.78 is 12.4. The van der Waals surface area contributed by atoms with Crippen molar-refractivity contribution in [1.29, 1.82) is 0 Å². The predicted molar refractivity (Wildman–Crippen MR) is 86.3 cm³/mol. The van der Waals surface area contributed by atoms with Gasteiger partial charge >= 0.3 is 0 Å². The van der Waals surface area contributed by atoms with Gasteiger partial charge < -0.3 is 9.47 Å². The van der Waals surface area contributed by atoms with Gasteiger partial charge in [0.2, 0.25) is 0 Å². The summed E-state index contributed by atoms with van der Waals surface area (Å²) in [5.74, 6) is 2.77. The molecule has 0 aromatic heterocycles. The Balaban J connectivity index is 2.05. The molecule has 2 nitrogen and oxygen atoms in total. The van der Waals surface area contributed by atoms with Gasteiger partial charge in [-0.15, -0.1) is 12.3 Å². The maximum absolute atomic E-state index is 6.22. The first kappa shape index (κ1) is 15.3. The quantitative estimate of drug-likeness (QED) is 0.317. The van der Waals surface area contributed by atoms with Gasteiger partial charge in [0.05, 0.1) is 10.0 Å². The van der Waals surface area contributed by atoms with E-state index in [0.717, 1.165) is 19.4 Å². The molecule has 2 aliphatic rings. The van der Waals surface area contributed by atoms with E-state index in [-0.39, 0.29) is 12.4 Å². The van der Waals surface area contributed by atoms with Crippen molar-refractivity contribution in [2.24, 2.45) is 0 Å². The highest BCUT2D eigenvalue weighted by atomic mass is 127. The van der Waals surface area contributed by atoms with Crippen molar-refractivity contribution in [3.8, 4) is 12.3 Å². The highest BCUT2D eigenvalue weighted by molar-refractivity contribution is 14.1. The number of terminal acetylenes is 1. The van der Waals surface area contributed by atoms with E-state index in [2.05, 4.69) is 35.4 Å². The second-order valence-corrected chi connectivity index (χ2v) is 7.04. The van der Waals surface area contributed by atoms with Crippen molar-refractivity contribution in [3.63, 3.8) is 0 Å². The normalized spacial score (nSPS) is 29.9. The summed E-state index contributed by atoms with van der Waals surface area (Å²) in [6, 6.07) is 0. The molecular formula is C16H23IO2. The molecule has 0 N–H and O–H groups in total. The number of alkyl halides is 1. The van der Waals surface area contributed by atoms with Crippen LogP contribution < -0.4 is 0 Å². The van der Waals surface area contributed by atoms with Crippen LogP contribution in [-0.2, 0) is 9.47 Å². The number of ether oxygens (including phenoxy) is 2. The Morgan fingerprint density at radius 2 is 2.21 bits per heavy atom. The second-order valence-electron chi connectivity index (χ2n) is 5.44. The molecule has 0 amide bonds. The molecule has 0 spiro atoms. The zero-order chi connectivity index (χ0) is 13.7. The molecule has 0 unspecified atom stereocenters. The van der Waals surface area contributed by atoms with Gasteiger partial charge in [-0.3, -0.25) is 0 Å². The zero-order valence-electron chi connectivity index (χ0n) is 11.7. The Bertz CT molecular complexity index is 369. The Kier molecular flexibility index (Phi) is 6.18. The fourth-order valence-electron chi connectivity index (χ4n) is 2.88. The summed E-state index contributed by atoms with van der Waals surface area (Å²) in [6.07, 6.45) is 13.4. The van der Waals surface area contributed by atoms with E-state index in [1.165, 1.54) is 36.8 Å². The third kappa shape index (κ3) is 4.21. The van der Waals surface area contributed by atoms with Gasteiger partial charge in [0.1, 0.15) is 0 Å². The lowest BCUT2D eigenvalue weighted by Gasteiger charge is -2.33. The lowest BCUT2D eigenvalue weighted by atomic mass is 9.88. The monoisotopic (exact) mass is 374 g/mol. The lowest BCUT2D eigenvalue weighted by Crippen LogP contribution is -2.36. The molecule has 0 radical (unpaired) electrons. The summed E-state index contributed by atoms with van der Waals surface area (Å²) >= 11 is 2.44. The van der Waals surface area contributed by atoms with Gasteiger partial charge in [-0.2, -0.15) is 0 Å². The fraction of sp³-hybridized carbons (Fsp3) is 0.750. The molecule has 0 saturated carbocycles. The van der Waals surface area contributed by atoms with Crippen LogP contribution in [-0.4, -0.2) is 22.9 Å². The van der Waals surface area contributed by atoms with Crippen LogP contribution in [0.3, 0.4) is 0 Å². The van der Waals surface area contributed by atoms with E-state index < -0.39 is 0 Å². The number of halogens is 1. The Hall–Kier alpha value is -0.0500. The highest BCUT2D eigenvalue weighted by Crippen LogP contribution is 2.32. The zero-order valence-corrected chi connectivity index (χ0v) is 13.8. The average molecular weight is 374 g/mol. The van der Waals surface area contributed by atoms with Crippen molar-refractivity contribution >= 4 is 22.6 Å². The minimum Gasteiger partial charge on any atom is -0.352 e. The average Bonchev–Trinajstić information content (AvgIpc) is 2.41. The maximum Gasteiger partial charge on any atom is 0.170 e. The molecule has 1 heterocycles. The predicted octanol–water partition coefficient (Wildman–Crippen LogP) is 4.23. The van der Waals surface area contributed by atoms with Crippen LogP contribution >= 0.6 is 22.6 Å². The standard InChI is InChI=1S/C16H23IO2/c1-3-7-15(13-9-5-4-8-12(13)2)19-16-14(17)10-6-11-18-16/h1,14-16H,4-11H2,2H3/t14-,15-,16+/m1/s1. The Morgan fingerprint density at radius 3 is 2.89 bits per heavy atom. The van der Waals surface area contributed by atoms with E-state index in [9.17, 15) is 0 Å². The molecule has 19 heavy (non-hydrogen) atoms. The van der Waals surface area contributed by atoms with Crippen LogP contribution in [0.2, 0.25) is 0 Å². The molecule has 1 fully saturated rings. The van der Waals surface area contributed by atoms with Crippen molar-refractivity contribution in [1.82, 2.24) is 0 Å². The fourth-order valence-corrected chi connectivity index (χ4v) is 3.70. The molecule has 0 aromatic rings. The van der Waals surface area contributed by atoms with Gasteiger partial charge in [0.25, 0.3) is 0 Å². The minimum absolute atomic E-state index is 0.0608. The first-order valence-electron chi connectivity index (χ1n) is 7.25. The smallest absolute Gasteiger partial charge is 0.170 e. The Morgan fingerprint density at radius 1 is 1.42 bits per heavy atom. The van der Waals surface area contributed by atoms with E-state index >= 15 is 0 Å². The molecule has 0 bridgehead atoms. The largest absolute Gasteiger partial charge is 0.352 e. The van der Waals surface area contributed by atoms with Crippen molar-refractivity contribution in [2.45, 2.75) is 68.2 Å². The van der Waals surface area contributed by atoms with Crippen LogP contribution in [0.5, 0.6) is 0 Å². The minimum atomic E-state index is -0.0880. The van der Waals surface area contributed by atoms with Crippen molar-refractivity contribution < 1.29 is 9.47 Å².